The molecule has 0 aromatic carbocycles. The predicted molar refractivity (Wildman–Crippen MR) is 57.2 cm³/mol. The lowest BCUT2D eigenvalue weighted by atomic mass is 9.77. The number of hydrogen-bond donors (Lipinski definition) is 0. The smallest absolute Gasteiger partial charge is 0.433 e. The van der Waals surface area contributed by atoms with E-state index in [1.54, 1.807) is 0 Å². The third kappa shape index (κ3) is 2.41. The molecule has 0 unspecified atom stereocenters. The first-order valence-corrected chi connectivity index (χ1v) is 5.64. The highest BCUT2D eigenvalue weighted by molar-refractivity contribution is 5.90. The summed E-state index contributed by atoms with van der Waals surface area (Å²) in [6, 6.07) is 1.56. The lowest BCUT2D eigenvalue weighted by molar-refractivity contribution is -0.141. The Labute approximate surface area is 106 Å². The van der Waals surface area contributed by atoms with Crippen LogP contribution < -0.4 is 0 Å². The molecule has 1 aliphatic rings. The molecule has 0 bridgehead atoms. The van der Waals surface area contributed by atoms with E-state index in [1.165, 1.54) is 0 Å². The zero-order chi connectivity index (χ0) is 14.3. The second-order valence-corrected chi connectivity index (χ2v) is 4.40. The summed E-state index contributed by atoms with van der Waals surface area (Å²) >= 11 is 0. The third-order valence-corrected chi connectivity index (χ3v) is 3.16. The number of esters is 1. The van der Waals surface area contributed by atoms with Gasteiger partial charge in [0.2, 0.25) is 0 Å². The van der Waals surface area contributed by atoms with Crippen LogP contribution in [0.4, 0.5) is 17.6 Å². The minimum Gasteiger partial charge on any atom is -0.465 e. The Morgan fingerprint density at radius 3 is 2.42 bits per heavy atom. The molecule has 2 rings (SSSR count). The Morgan fingerprint density at radius 2 is 2.00 bits per heavy atom. The molecule has 1 aliphatic carbocycles. The number of ether oxygens (including phenoxy) is 1. The maximum atomic E-state index is 14.3. The Balaban J connectivity index is 2.54. The molecule has 0 radical (unpaired) electrons. The first kappa shape index (κ1) is 13.8. The molecule has 1 fully saturated rings. The average Bonchev–Trinajstić information content (AvgIpc) is 2.33. The zero-order valence-electron chi connectivity index (χ0n) is 10.1. The molecule has 3 nitrogen and oxygen atoms in total. The number of rotatable bonds is 2. The van der Waals surface area contributed by atoms with Gasteiger partial charge < -0.3 is 4.74 Å². The van der Waals surface area contributed by atoms with Crippen molar-refractivity contribution < 1.29 is 27.1 Å². The summed E-state index contributed by atoms with van der Waals surface area (Å²) in [5, 5.41) is 0. The SMILES string of the molecule is COC(=O)c1ccc(C(F)(F)F)nc1C1(F)CCC1. The fraction of sp³-hybridized carbons (Fsp3) is 0.500. The van der Waals surface area contributed by atoms with Crippen LogP contribution in [0.3, 0.4) is 0 Å². The number of nitrogens with zero attached hydrogens (tertiary/aromatic N) is 1. The maximum Gasteiger partial charge on any atom is 0.433 e. The first-order chi connectivity index (χ1) is 8.78. The topological polar surface area (TPSA) is 39.2 Å². The van der Waals surface area contributed by atoms with Crippen molar-refractivity contribution in [3.63, 3.8) is 0 Å². The lowest BCUT2D eigenvalue weighted by Crippen LogP contribution is -2.33. The van der Waals surface area contributed by atoms with Gasteiger partial charge in [-0.2, -0.15) is 13.2 Å². The largest absolute Gasteiger partial charge is 0.465 e. The molecule has 1 aromatic rings. The molecule has 7 heteroatoms. The monoisotopic (exact) mass is 277 g/mol. The van der Waals surface area contributed by atoms with Gasteiger partial charge in [0.05, 0.1) is 18.4 Å². The molecule has 19 heavy (non-hydrogen) atoms. The molecule has 0 aliphatic heterocycles. The summed E-state index contributed by atoms with van der Waals surface area (Å²) < 4.78 is 56.5. The van der Waals surface area contributed by atoms with E-state index in [0.717, 1.165) is 13.2 Å². The van der Waals surface area contributed by atoms with Gasteiger partial charge in [0.15, 0.2) is 5.67 Å². The van der Waals surface area contributed by atoms with Crippen LogP contribution in [-0.2, 0) is 16.6 Å². The fourth-order valence-electron chi connectivity index (χ4n) is 1.96. The summed E-state index contributed by atoms with van der Waals surface area (Å²) in [5.74, 6) is -0.889. The van der Waals surface area contributed by atoms with Gasteiger partial charge in [-0.1, -0.05) is 0 Å². The maximum absolute atomic E-state index is 14.3. The fourth-order valence-corrected chi connectivity index (χ4v) is 1.96. The molecule has 1 heterocycles. The van der Waals surface area contributed by atoms with Crippen molar-refractivity contribution in [3.05, 3.63) is 29.1 Å². The van der Waals surface area contributed by atoms with Crippen molar-refractivity contribution in [2.45, 2.75) is 31.1 Å². The van der Waals surface area contributed by atoms with Crippen molar-refractivity contribution in [1.82, 2.24) is 4.98 Å². The molecule has 0 spiro atoms. The predicted octanol–water partition coefficient (Wildman–Crippen LogP) is 3.24. The number of hydrogen-bond acceptors (Lipinski definition) is 3. The second-order valence-electron chi connectivity index (χ2n) is 4.40. The number of alkyl halides is 4. The standard InChI is InChI=1S/C12H11F4NO2/c1-19-10(18)7-3-4-8(12(14,15)16)17-9(7)11(13)5-2-6-11/h3-4H,2,5-6H2,1H3. The van der Waals surface area contributed by atoms with Crippen molar-refractivity contribution in [1.29, 1.82) is 0 Å². The highest BCUT2D eigenvalue weighted by Crippen LogP contribution is 2.46. The Morgan fingerprint density at radius 1 is 1.37 bits per heavy atom. The lowest BCUT2D eigenvalue weighted by Gasteiger charge is -2.34. The minimum atomic E-state index is -4.68. The van der Waals surface area contributed by atoms with Crippen molar-refractivity contribution >= 4 is 5.97 Å². The highest BCUT2D eigenvalue weighted by atomic mass is 19.4. The van der Waals surface area contributed by atoms with Gasteiger partial charge in [-0.3, -0.25) is 0 Å². The van der Waals surface area contributed by atoms with Gasteiger partial charge in [0, 0.05) is 0 Å². The third-order valence-electron chi connectivity index (χ3n) is 3.16. The van der Waals surface area contributed by atoms with E-state index in [2.05, 4.69) is 9.72 Å². The summed E-state index contributed by atoms with van der Waals surface area (Å²) in [6.45, 7) is 0. The Hall–Kier alpha value is -1.66. The molecular weight excluding hydrogens is 266 g/mol. The molecule has 0 amide bonds. The molecule has 0 N–H and O–H groups in total. The van der Waals surface area contributed by atoms with Crippen LogP contribution in [0.25, 0.3) is 0 Å². The molecule has 0 atom stereocenters. The quantitative estimate of drug-likeness (QED) is 0.615. The Kier molecular flexibility index (Phi) is 3.24. The number of carbonyl (C=O) groups excluding carboxylic acids is 1. The van der Waals surface area contributed by atoms with Gasteiger partial charge in [0.1, 0.15) is 5.69 Å². The van der Waals surface area contributed by atoms with E-state index < -0.39 is 29.2 Å². The molecule has 104 valence electrons. The summed E-state index contributed by atoms with van der Waals surface area (Å²) in [7, 11) is 1.08. The van der Waals surface area contributed by atoms with E-state index in [1.807, 2.05) is 0 Å². The van der Waals surface area contributed by atoms with Crippen molar-refractivity contribution in [3.8, 4) is 0 Å². The molecule has 1 aromatic heterocycles. The summed E-state index contributed by atoms with van der Waals surface area (Å²) in [6.07, 6.45) is -4.00. The van der Waals surface area contributed by atoms with Crippen molar-refractivity contribution in [2.24, 2.45) is 0 Å². The van der Waals surface area contributed by atoms with Gasteiger partial charge in [0.25, 0.3) is 0 Å². The van der Waals surface area contributed by atoms with Crippen LogP contribution in [0.15, 0.2) is 12.1 Å². The Bertz CT molecular complexity index is 509. The average molecular weight is 277 g/mol. The van der Waals surface area contributed by atoms with Gasteiger partial charge >= 0.3 is 12.1 Å². The molecular formula is C12H11F4NO2. The zero-order valence-corrected chi connectivity index (χ0v) is 10.1. The first-order valence-electron chi connectivity index (χ1n) is 5.64. The summed E-state index contributed by atoms with van der Waals surface area (Å²) in [4.78, 5) is 14.8. The van der Waals surface area contributed by atoms with Gasteiger partial charge in [-0.05, 0) is 31.4 Å². The normalized spacial score (nSPS) is 17.7. The van der Waals surface area contributed by atoms with E-state index in [0.29, 0.717) is 12.5 Å². The number of pyridine rings is 1. The van der Waals surface area contributed by atoms with Crippen LogP contribution in [0.2, 0.25) is 0 Å². The van der Waals surface area contributed by atoms with E-state index >= 15 is 0 Å². The summed E-state index contributed by atoms with van der Waals surface area (Å²) in [5.41, 5.74) is -3.90. The van der Waals surface area contributed by atoms with Crippen LogP contribution in [0.1, 0.15) is 41.0 Å². The number of carbonyl (C=O) groups is 1. The van der Waals surface area contributed by atoms with Crippen LogP contribution in [0, 0.1) is 0 Å². The van der Waals surface area contributed by atoms with Crippen LogP contribution >= 0.6 is 0 Å². The van der Waals surface area contributed by atoms with E-state index in [-0.39, 0.29) is 18.4 Å². The van der Waals surface area contributed by atoms with Gasteiger partial charge in [-0.25, -0.2) is 14.2 Å². The number of methoxy groups -OCH3 is 1. The molecule has 1 saturated carbocycles. The number of aromatic nitrogens is 1. The van der Waals surface area contributed by atoms with Crippen LogP contribution in [0.5, 0.6) is 0 Å². The highest BCUT2D eigenvalue weighted by Gasteiger charge is 2.45. The van der Waals surface area contributed by atoms with Gasteiger partial charge in [-0.15, -0.1) is 0 Å². The van der Waals surface area contributed by atoms with Crippen LogP contribution in [-0.4, -0.2) is 18.1 Å². The van der Waals surface area contributed by atoms with E-state index in [4.69, 9.17) is 0 Å². The molecule has 0 saturated heterocycles. The minimum absolute atomic E-state index is 0.0608. The van der Waals surface area contributed by atoms with E-state index in [9.17, 15) is 22.4 Å². The van der Waals surface area contributed by atoms with Crippen molar-refractivity contribution in [2.75, 3.05) is 7.11 Å². The number of halogens is 4. The second kappa shape index (κ2) is 4.47.